The Morgan fingerprint density at radius 3 is 2.59 bits per heavy atom. The molecule has 0 fully saturated rings. The zero-order valence-corrected chi connectivity index (χ0v) is 17.3. The molecule has 2 N–H and O–H groups in total. The lowest BCUT2D eigenvalue weighted by Crippen LogP contribution is -2.04. The topological polar surface area (TPSA) is 105 Å². The first-order valence-corrected chi connectivity index (χ1v) is 9.90. The van der Waals surface area contributed by atoms with Gasteiger partial charge in [-0.3, -0.25) is 9.59 Å². The van der Waals surface area contributed by atoms with Gasteiger partial charge in [0.2, 0.25) is 0 Å². The predicted octanol–water partition coefficient (Wildman–Crippen LogP) is 4.59. The Kier molecular flexibility index (Phi) is 4.52. The number of aromatic amines is 1. The summed E-state index contributed by atoms with van der Waals surface area (Å²) in [6, 6.07) is 16.9. The van der Waals surface area contributed by atoms with Crippen molar-refractivity contribution in [2.75, 3.05) is 7.11 Å². The third kappa shape index (κ3) is 3.11. The summed E-state index contributed by atoms with van der Waals surface area (Å²) in [5, 5.41) is 10.9. The predicted molar refractivity (Wildman–Crippen MR) is 120 cm³/mol. The maximum Gasteiger partial charge on any atom is 0.196 e. The molecule has 0 spiro atoms. The molecule has 0 aliphatic carbocycles. The number of imidazole rings is 1. The Labute approximate surface area is 181 Å². The highest BCUT2D eigenvalue weighted by Gasteiger charge is 2.22. The number of fused-ring (bicyclic) bond motifs is 2. The number of aromatic hydroxyl groups is 1. The van der Waals surface area contributed by atoms with Crippen molar-refractivity contribution in [2.24, 2.45) is 0 Å². The van der Waals surface area contributed by atoms with Crippen molar-refractivity contribution in [1.82, 2.24) is 9.97 Å². The number of nitrogens with one attached hydrogen (secondary N) is 1. The minimum Gasteiger partial charge on any atom is -0.507 e. The van der Waals surface area contributed by atoms with Crippen LogP contribution in [-0.4, -0.2) is 28.0 Å². The fraction of sp³-hybridized carbons (Fsp3) is 0.0800. The standard InChI is InChI=1S/C25H18N2O5/c1-13-10-18(28)21-20(32-13)12-19(29)22(24(21)31-2)25-26-16-9-8-15(11-17(16)27-25)23(30)14-6-4-3-5-7-14/h3-12,29H,1-2H3,(H,26,27). The van der Waals surface area contributed by atoms with Gasteiger partial charge in [-0.1, -0.05) is 30.3 Å². The maximum absolute atomic E-state index is 12.8. The van der Waals surface area contributed by atoms with E-state index in [9.17, 15) is 14.7 Å². The van der Waals surface area contributed by atoms with Gasteiger partial charge in [0, 0.05) is 23.3 Å². The molecule has 0 radical (unpaired) electrons. The molecule has 32 heavy (non-hydrogen) atoms. The normalized spacial score (nSPS) is 11.2. The van der Waals surface area contributed by atoms with E-state index in [2.05, 4.69) is 9.97 Å². The molecule has 5 aromatic rings. The number of phenolic OH excluding ortho intramolecular Hbond substituents is 1. The van der Waals surface area contributed by atoms with Gasteiger partial charge in [0.15, 0.2) is 11.2 Å². The van der Waals surface area contributed by atoms with Crippen LogP contribution in [0.3, 0.4) is 0 Å². The monoisotopic (exact) mass is 426 g/mol. The molecule has 3 aromatic carbocycles. The number of methoxy groups -OCH3 is 1. The number of aromatic nitrogens is 2. The van der Waals surface area contributed by atoms with Crippen LogP contribution in [0, 0.1) is 6.92 Å². The second kappa shape index (κ2) is 7.39. The van der Waals surface area contributed by atoms with Crippen molar-refractivity contribution in [3.63, 3.8) is 0 Å². The van der Waals surface area contributed by atoms with E-state index in [0.717, 1.165) is 0 Å². The van der Waals surface area contributed by atoms with E-state index < -0.39 is 0 Å². The lowest BCUT2D eigenvalue weighted by atomic mass is 10.0. The number of hydrogen-bond donors (Lipinski definition) is 2. The second-order valence-corrected chi connectivity index (χ2v) is 7.41. The Hall–Kier alpha value is -4.39. The quantitative estimate of drug-likeness (QED) is 0.407. The molecule has 0 aliphatic heterocycles. The van der Waals surface area contributed by atoms with Crippen LogP contribution in [0.15, 0.2) is 69.9 Å². The lowest BCUT2D eigenvalue weighted by Gasteiger charge is -2.11. The van der Waals surface area contributed by atoms with E-state index in [-0.39, 0.29) is 39.2 Å². The molecule has 0 saturated heterocycles. The Morgan fingerprint density at radius 1 is 1.06 bits per heavy atom. The van der Waals surface area contributed by atoms with Crippen LogP contribution in [0.25, 0.3) is 33.4 Å². The van der Waals surface area contributed by atoms with Gasteiger partial charge in [0.25, 0.3) is 0 Å². The summed E-state index contributed by atoms with van der Waals surface area (Å²) < 4.78 is 11.1. The number of carbonyl (C=O) groups is 1. The van der Waals surface area contributed by atoms with E-state index in [1.54, 1.807) is 37.3 Å². The van der Waals surface area contributed by atoms with Crippen LogP contribution in [0.5, 0.6) is 11.5 Å². The van der Waals surface area contributed by atoms with Gasteiger partial charge >= 0.3 is 0 Å². The van der Waals surface area contributed by atoms with Gasteiger partial charge < -0.3 is 19.2 Å². The average molecular weight is 426 g/mol. The minimum atomic E-state index is -0.284. The minimum absolute atomic E-state index is 0.109. The number of nitrogens with zero attached hydrogens (tertiary/aromatic N) is 1. The number of phenols is 1. The van der Waals surface area contributed by atoms with Crippen molar-refractivity contribution < 1.29 is 19.1 Å². The molecule has 2 heterocycles. The van der Waals surface area contributed by atoms with Crippen LogP contribution in [0.2, 0.25) is 0 Å². The van der Waals surface area contributed by atoms with E-state index >= 15 is 0 Å². The first-order chi connectivity index (χ1) is 15.5. The summed E-state index contributed by atoms with van der Waals surface area (Å²) >= 11 is 0. The largest absolute Gasteiger partial charge is 0.507 e. The Bertz CT molecular complexity index is 1560. The molecule has 2 aromatic heterocycles. The van der Waals surface area contributed by atoms with Crippen LogP contribution in [0.1, 0.15) is 21.7 Å². The first-order valence-electron chi connectivity index (χ1n) is 9.90. The van der Waals surface area contributed by atoms with E-state index in [4.69, 9.17) is 9.15 Å². The van der Waals surface area contributed by atoms with Crippen molar-refractivity contribution in [2.45, 2.75) is 6.92 Å². The highest BCUT2D eigenvalue weighted by molar-refractivity contribution is 6.10. The fourth-order valence-electron chi connectivity index (χ4n) is 3.85. The van der Waals surface area contributed by atoms with Crippen molar-refractivity contribution in [3.8, 4) is 22.9 Å². The van der Waals surface area contributed by atoms with Gasteiger partial charge in [0.1, 0.15) is 39.6 Å². The van der Waals surface area contributed by atoms with Gasteiger partial charge in [-0.15, -0.1) is 0 Å². The molecule has 0 amide bonds. The SMILES string of the molecule is COc1c(-c2nc3ccc(C(=O)c4ccccc4)cc3[nH]2)c(O)cc2oc(C)cc(=O)c12. The van der Waals surface area contributed by atoms with Gasteiger partial charge in [-0.05, 0) is 25.1 Å². The molecular weight excluding hydrogens is 408 g/mol. The highest BCUT2D eigenvalue weighted by Crippen LogP contribution is 2.41. The zero-order valence-electron chi connectivity index (χ0n) is 17.3. The third-order valence-electron chi connectivity index (χ3n) is 5.30. The van der Waals surface area contributed by atoms with E-state index in [1.807, 2.05) is 18.2 Å². The van der Waals surface area contributed by atoms with Crippen molar-refractivity contribution in [1.29, 1.82) is 0 Å². The van der Waals surface area contributed by atoms with Crippen LogP contribution in [-0.2, 0) is 0 Å². The average Bonchev–Trinajstić information content (AvgIpc) is 3.20. The Balaban J connectivity index is 1.68. The molecular formula is C25H18N2O5. The van der Waals surface area contributed by atoms with Crippen molar-refractivity contribution >= 4 is 27.8 Å². The number of benzene rings is 3. The van der Waals surface area contributed by atoms with E-state index in [1.165, 1.54) is 19.2 Å². The molecule has 5 rings (SSSR count). The smallest absolute Gasteiger partial charge is 0.196 e. The van der Waals surface area contributed by atoms with Crippen LogP contribution >= 0.6 is 0 Å². The van der Waals surface area contributed by atoms with E-state index in [0.29, 0.717) is 33.7 Å². The van der Waals surface area contributed by atoms with Gasteiger partial charge in [-0.2, -0.15) is 0 Å². The highest BCUT2D eigenvalue weighted by atomic mass is 16.5. The Morgan fingerprint density at radius 2 is 1.84 bits per heavy atom. The molecule has 158 valence electrons. The van der Waals surface area contributed by atoms with Crippen LogP contribution in [0.4, 0.5) is 0 Å². The summed E-state index contributed by atoms with van der Waals surface area (Å²) in [4.78, 5) is 33.1. The number of ether oxygens (including phenoxy) is 1. The molecule has 0 unspecified atom stereocenters. The van der Waals surface area contributed by atoms with Gasteiger partial charge in [-0.25, -0.2) is 4.98 Å². The molecule has 7 nitrogen and oxygen atoms in total. The first kappa shape index (κ1) is 19.6. The lowest BCUT2D eigenvalue weighted by molar-refractivity contribution is 0.103. The second-order valence-electron chi connectivity index (χ2n) is 7.41. The molecule has 0 atom stereocenters. The number of H-pyrrole nitrogens is 1. The number of rotatable bonds is 4. The van der Waals surface area contributed by atoms with Crippen molar-refractivity contribution in [3.05, 3.63) is 87.8 Å². The van der Waals surface area contributed by atoms with Crippen LogP contribution < -0.4 is 10.2 Å². The summed E-state index contributed by atoms with van der Waals surface area (Å²) in [6.45, 7) is 1.66. The maximum atomic E-state index is 12.8. The summed E-state index contributed by atoms with van der Waals surface area (Å²) in [6.07, 6.45) is 0. The summed E-state index contributed by atoms with van der Waals surface area (Å²) in [7, 11) is 1.41. The molecule has 0 aliphatic rings. The third-order valence-corrected chi connectivity index (χ3v) is 5.30. The summed E-state index contributed by atoms with van der Waals surface area (Å²) in [5.41, 5.74) is 2.48. The molecule has 7 heteroatoms. The van der Waals surface area contributed by atoms with Gasteiger partial charge in [0.05, 0.1) is 18.1 Å². The number of ketones is 1. The zero-order chi connectivity index (χ0) is 22.4. The fourth-order valence-corrected chi connectivity index (χ4v) is 3.85. The summed E-state index contributed by atoms with van der Waals surface area (Å²) in [5.74, 6) is 0.635. The number of aryl methyl sites for hydroxylation is 1. The molecule has 0 bridgehead atoms. The molecule has 0 saturated carbocycles. The number of hydrogen-bond acceptors (Lipinski definition) is 6. The number of carbonyl (C=O) groups excluding carboxylic acids is 1.